The van der Waals surface area contributed by atoms with E-state index in [-0.39, 0.29) is 0 Å². The number of hydrogen-bond acceptors (Lipinski definition) is 5. The molecule has 154 valence electrons. The Balaban J connectivity index is 1.75. The summed E-state index contributed by atoms with van der Waals surface area (Å²) in [4.78, 5) is 9.35. The molecule has 1 N–H and O–H groups in total. The van der Waals surface area contributed by atoms with Crippen LogP contribution in [0.1, 0.15) is 29.5 Å². The number of aromatic nitrogens is 1. The highest BCUT2D eigenvalue weighted by Gasteiger charge is 2.21. The van der Waals surface area contributed by atoms with Gasteiger partial charge in [-0.05, 0) is 56.6 Å². The standard InChI is InChI=1S/C22H29N5OS/c1-16-12-17(2)20-18(13-16)14-19(15-23)21(25-20)26-7-5-8-27(10-9-26)22(29)24-6-4-11-28-3/h12-14H,4-11H2,1-3H3,(H,24,29). The van der Waals surface area contributed by atoms with Gasteiger partial charge in [-0.2, -0.15) is 5.26 Å². The number of pyridine rings is 1. The van der Waals surface area contributed by atoms with E-state index in [0.717, 1.165) is 79.6 Å². The summed E-state index contributed by atoms with van der Waals surface area (Å²) in [5.41, 5.74) is 3.94. The lowest BCUT2D eigenvalue weighted by atomic mass is 10.0. The largest absolute Gasteiger partial charge is 0.385 e. The maximum Gasteiger partial charge on any atom is 0.168 e. The molecule has 2 aromatic rings. The summed E-state index contributed by atoms with van der Waals surface area (Å²) in [5, 5.41) is 14.9. The van der Waals surface area contributed by atoms with Gasteiger partial charge in [0.25, 0.3) is 0 Å². The van der Waals surface area contributed by atoms with E-state index in [1.807, 2.05) is 6.07 Å². The van der Waals surface area contributed by atoms with Crippen LogP contribution in [0.5, 0.6) is 0 Å². The monoisotopic (exact) mass is 411 g/mol. The Bertz CT molecular complexity index is 924. The van der Waals surface area contributed by atoms with E-state index in [9.17, 15) is 5.26 Å². The molecule has 0 unspecified atom stereocenters. The Morgan fingerprint density at radius 2 is 2.07 bits per heavy atom. The zero-order valence-electron chi connectivity index (χ0n) is 17.5. The van der Waals surface area contributed by atoms with E-state index in [2.05, 4.69) is 47.2 Å². The topological polar surface area (TPSA) is 64.4 Å². The molecule has 6 nitrogen and oxygen atoms in total. The van der Waals surface area contributed by atoms with Crippen LogP contribution in [-0.2, 0) is 4.74 Å². The number of methoxy groups -OCH3 is 1. The van der Waals surface area contributed by atoms with Crippen LogP contribution >= 0.6 is 12.2 Å². The van der Waals surface area contributed by atoms with E-state index >= 15 is 0 Å². The van der Waals surface area contributed by atoms with Crippen molar-refractivity contribution in [3.8, 4) is 6.07 Å². The van der Waals surface area contributed by atoms with E-state index in [0.29, 0.717) is 5.56 Å². The van der Waals surface area contributed by atoms with Gasteiger partial charge in [-0.3, -0.25) is 0 Å². The average molecular weight is 412 g/mol. The van der Waals surface area contributed by atoms with Gasteiger partial charge < -0.3 is 19.9 Å². The molecule has 0 amide bonds. The van der Waals surface area contributed by atoms with Gasteiger partial charge in [0, 0.05) is 51.8 Å². The minimum Gasteiger partial charge on any atom is -0.385 e. The van der Waals surface area contributed by atoms with Crippen molar-refractivity contribution in [2.45, 2.75) is 26.7 Å². The molecule has 29 heavy (non-hydrogen) atoms. The molecule has 1 aliphatic heterocycles. The fraction of sp³-hybridized carbons (Fsp3) is 0.500. The van der Waals surface area contributed by atoms with Crippen molar-refractivity contribution in [1.82, 2.24) is 15.2 Å². The van der Waals surface area contributed by atoms with Crippen LogP contribution in [0.3, 0.4) is 0 Å². The van der Waals surface area contributed by atoms with Crippen molar-refractivity contribution >= 4 is 34.1 Å². The van der Waals surface area contributed by atoms with Crippen molar-refractivity contribution < 1.29 is 4.74 Å². The predicted octanol–water partition coefficient (Wildman–Crippen LogP) is 3.15. The SMILES string of the molecule is COCCCNC(=S)N1CCCN(c2nc3c(C)cc(C)cc3cc2C#N)CC1. The zero-order chi connectivity index (χ0) is 20.8. The van der Waals surface area contributed by atoms with E-state index in [1.165, 1.54) is 5.56 Å². The lowest BCUT2D eigenvalue weighted by Crippen LogP contribution is -2.42. The van der Waals surface area contributed by atoms with E-state index in [4.69, 9.17) is 21.9 Å². The minimum absolute atomic E-state index is 0.635. The molecule has 0 atom stereocenters. The van der Waals surface area contributed by atoms with Crippen LogP contribution in [0.15, 0.2) is 18.2 Å². The van der Waals surface area contributed by atoms with Crippen molar-refractivity contribution in [2.75, 3.05) is 51.3 Å². The summed E-state index contributed by atoms with van der Waals surface area (Å²) in [5.74, 6) is 0.785. The number of nitrogens with one attached hydrogen (secondary N) is 1. The minimum atomic E-state index is 0.635. The maximum absolute atomic E-state index is 9.73. The van der Waals surface area contributed by atoms with Gasteiger partial charge in [-0.1, -0.05) is 11.6 Å². The Morgan fingerprint density at radius 1 is 1.24 bits per heavy atom. The van der Waals surface area contributed by atoms with Crippen LogP contribution in [0.2, 0.25) is 0 Å². The second-order valence-electron chi connectivity index (χ2n) is 7.53. The normalized spacial score (nSPS) is 14.6. The molecular weight excluding hydrogens is 382 g/mol. The van der Waals surface area contributed by atoms with Gasteiger partial charge in [0.2, 0.25) is 0 Å². The van der Waals surface area contributed by atoms with E-state index < -0.39 is 0 Å². The fourth-order valence-electron chi connectivity index (χ4n) is 3.82. The Hall–Kier alpha value is -2.43. The maximum atomic E-state index is 9.73. The van der Waals surface area contributed by atoms with Crippen LogP contribution < -0.4 is 10.2 Å². The molecule has 1 saturated heterocycles. The van der Waals surface area contributed by atoms with Crippen LogP contribution in [0, 0.1) is 25.2 Å². The van der Waals surface area contributed by atoms with Gasteiger partial charge in [-0.15, -0.1) is 0 Å². The Labute approximate surface area is 178 Å². The molecule has 2 heterocycles. The number of hydrogen-bond donors (Lipinski definition) is 1. The molecule has 1 aromatic carbocycles. The first-order chi connectivity index (χ1) is 14.0. The summed E-state index contributed by atoms with van der Waals surface area (Å²) in [7, 11) is 1.71. The summed E-state index contributed by atoms with van der Waals surface area (Å²) in [6.07, 6.45) is 1.90. The number of anilines is 1. The molecule has 0 aliphatic carbocycles. The lowest BCUT2D eigenvalue weighted by Gasteiger charge is -2.25. The molecule has 3 rings (SSSR count). The number of aryl methyl sites for hydroxylation is 2. The third-order valence-corrected chi connectivity index (χ3v) is 5.64. The molecular formula is C22H29N5OS. The third kappa shape index (κ3) is 5.14. The molecule has 0 radical (unpaired) electrons. The number of ether oxygens (including phenoxy) is 1. The second-order valence-corrected chi connectivity index (χ2v) is 7.92. The van der Waals surface area contributed by atoms with Gasteiger partial charge in [0.05, 0.1) is 11.1 Å². The number of fused-ring (bicyclic) bond motifs is 1. The Morgan fingerprint density at radius 3 is 2.83 bits per heavy atom. The first-order valence-electron chi connectivity index (χ1n) is 10.1. The summed E-state index contributed by atoms with van der Waals surface area (Å²) >= 11 is 5.57. The number of nitrogens with zero attached hydrogens (tertiary/aromatic N) is 4. The van der Waals surface area contributed by atoms with Gasteiger partial charge in [0.1, 0.15) is 11.9 Å². The van der Waals surface area contributed by atoms with Crippen LogP contribution in [0.4, 0.5) is 5.82 Å². The number of nitriles is 1. The highest BCUT2D eigenvalue weighted by atomic mass is 32.1. The predicted molar refractivity (Wildman–Crippen MR) is 121 cm³/mol. The number of rotatable bonds is 5. The van der Waals surface area contributed by atoms with Crippen LogP contribution in [0.25, 0.3) is 10.9 Å². The molecule has 7 heteroatoms. The van der Waals surface area contributed by atoms with Crippen molar-refractivity contribution in [3.05, 3.63) is 34.9 Å². The number of thiocarbonyl (C=S) groups is 1. The van der Waals surface area contributed by atoms with Crippen molar-refractivity contribution in [1.29, 1.82) is 5.26 Å². The third-order valence-electron chi connectivity index (χ3n) is 5.24. The van der Waals surface area contributed by atoms with Crippen LogP contribution in [-0.4, -0.2) is 61.4 Å². The summed E-state index contributed by atoms with van der Waals surface area (Å²) < 4.78 is 5.08. The van der Waals surface area contributed by atoms with Gasteiger partial charge in [0.15, 0.2) is 5.11 Å². The molecule has 1 fully saturated rings. The number of benzene rings is 1. The molecule has 0 spiro atoms. The van der Waals surface area contributed by atoms with Crippen molar-refractivity contribution in [2.24, 2.45) is 0 Å². The lowest BCUT2D eigenvalue weighted by molar-refractivity contribution is 0.195. The molecule has 0 bridgehead atoms. The van der Waals surface area contributed by atoms with Gasteiger partial charge >= 0.3 is 0 Å². The zero-order valence-corrected chi connectivity index (χ0v) is 18.3. The highest BCUT2D eigenvalue weighted by Crippen LogP contribution is 2.27. The van der Waals surface area contributed by atoms with Crippen molar-refractivity contribution in [3.63, 3.8) is 0 Å². The first-order valence-corrected chi connectivity index (χ1v) is 10.5. The summed E-state index contributed by atoms with van der Waals surface area (Å²) in [6, 6.07) is 8.56. The highest BCUT2D eigenvalue weighted by molar-refractivity contribution is 7.80. The quantitative estimate of drug-likeness (QED) is 0.599. The fourth-order valence-corrected chi connectivity index (χ4v) is 4.11. The smallest absolute Gasteiger partial charge is 0.168 e. The molecule has 0 saturated carbocycles. The first kappa shape index (κ1) is 21.3. The summed E-state index contributed by atoms with van der Waals surface area (Å²) in [6.45, 7) is 9.06. The molecule has 1 aromatic heterocycles. The second kappa shape index (κ2) is 9.86. The average Bonchev–Trinajstić information content (AvgIpc) is 2.96. The van der Waals surface area contributed by atoms with E-state index in [1.54, 1.807) is 7.11 Å². The van der Waals surface area contributed by atoms with Gasteiger partial charge in [-0.25, -0.2) is 4.98 Å². The Kier molecular flexibility index (Phi) is 7.24. The molecule has 1 aliphatic rings.